The molecule has 3 rings (SSSR count). The molecule has 1 aliphatic rings. The molecule has 29 heavy (non-hydrogen) atoms. The van der Waals surface area contributed by atoms with Gasteiger partial charge in [0.1, 0.15) is 12.1 Å². The molecule has 1 aliphatic heterocycles. The van der Waals surface area contributed by atoms with Gasteiger partial charge in [-0.2, -0.15) is 0 Å². The van der Waals surface area contributed by atoms with Crippen molar-refractivity contribution in [2.45, 2.75) is 39.3 Å². The van der Waals surface area contributed by atoms with Gasteiger partial charge in [0.2, 0.25) is 11.8 Å². The fourth-order valence-corrected chi connectivity index (χ4v) is 3.05. The number of amides is 1. The maximum atomic E-state index is 11.4. The van der Waals surface area contributed by atoms with Crippen LogP contribution in [-0.4, -0.2) is 62.1 Å². The van der Waals surface area contributed by atoms with Crippen LogP contribution in [0, 0.1) is 13.8 Å². The topological polar surface area (TPSA) is 130 Å². The van der Waals surface area contributed by atoms with E-state index in [-0.39, 0.29) is 6.61 Å². The number of pyridine rings is 1. The molecule has 10 heteroatoms. The van der Waals surface area contributed by atoms with Crippen molar-refractivity contribution in [1.29, 1.82) is 0 Å². The van der Waals surface area contributed by atoms with Crippen LogP contribution < -0.4 is 14.8 Å². The number of ether oxygens (including phenoxy) is 2. The van der Waals surface area contributed by atoms with E-state index in [0.717, 1.165) is 12.8 Å². The van der Waals surface area contributed by atoms with Crippen molar-refractivity contribution in [2.24, 2.45) is 0 Å². The Hall–Kier alpha value is -3.14. The average molecular weight is 403 g/mol. The number of anilines is 1. The molecule has 156 valence electrons. The highest BCUT2D eigenvalue weighted by Crippen LogP contribution is 2.31. The smallest absolute Gasteiger partial charge is 0.410 e. The van der Waals surface area contributed by atoms with Crippen molar-refractivity contribution in [3.05, 3.63) is 29.7 Å². The van der Waals surface area contributed by atoms with Crippen LogP contribution in [0.25, 0.3) is 0 Å². The third-order valence-electron chi connectivity index (χ3n) is 4.59. The van der Waals surface area contributed by atoms with Gasteiger partial charge in [0.15, 0.2) is 12.0 Å². The number of piperidine rings is 1. The molecule has 0 bridgehead atoms. The summed E-state index contributed by atoms with van der Waals surface area (Å²) in [7, 11) is 0. The Morgan fingerprint density at radius 2 is 2.07 bits per heavy atom. The minimum Gasteiger partial charge on any atom is -0.465 e. The number of nitrogens with zero attached hydrogens (tertiary/aromatic N) is 4. The predicted octanol–water partition coefficient (Wildman–Crippen LogP) is 2.55. The number of aryl methyl sites for hydroxylation is 1. The zero-order chi connectivity index (χ0) is 20.8. The summed E-state index contributed by atoms with van der Waals surface area (Å²) < 4.78 is 11.8. The van der Waals surface area contributed by atoms with Crippen LogP contribution >= 0.6 is 0 Å². The lowest BCUT2D eigenvalue weighted by Crippen LogP contribution is -2.46. The average Bonchev–Trinajstić information content (AvgIpc) is 2.71. The van der Waals surface area contributed by atoms with Gasteiger partial charge in [0, 0.05) is 19.5 Å². The Kier molecular flexibility index (Phi) is 6.65. The molecule has 2 aromatic heterocycles. The lowest BCUT2D eigenvalue weighted by atomic mass is 10.1. The molecular formula is C19H25N5O5. The Morgan fingerprint density at radius 1 is 1.28 bits per heavy atom. The number of hydrogen-bond donors (Lipinski definition) is 3. The number of aliphatic hydroxyl groups excluding tert-OH is 1. The lowest BCUT2D eigenvalue weighted by molar-refractivity contribution is 0.00273. The second-order valence-corrected chi connectivity index (χ2v) is 6.69. The minimum absolute atomic E-state index is 0.0161. The van der Waals surface area contributed by atoms with E-state index in [2.05, 4.69) is 20.3 Å². The first-order valence-corrected chi connectivity index (χ1v) is 9.47. The van der Waals surface area contributed by atoms with E-state index in [4.69, 9.17) is 14.6 Å². The molecule has 1 saturated heterocycles. The summed E-state index contributed by atoms with van der Waals surface area (Å²) in [6.45, 7) is 4.43. The number of hydrogen-bond acceptors (Lipinski definition) is 8. The van der Waals surface area contributed by atoms with Crippen molar-refractivity contribution >= 4 is 11.9 Å². The molecule has 1 atom stereocenters. The van der Waals surface area contributed by atoms with E-state index >= 15 is 0 Å². The van der Waals surface area contributed by atoms with Crippen LogP contribution in [-0.2, 0) is 0 Å². The molecule has 0 spiro atoms. The van der Waals surface area contributed by atoms with E-state index in [0.29, 0.717) is 54.1 Å². The third kappa shape index (κ3) is 5.02. The van der Waals surface area contributed by atoms with E-state index in [1.54, 1.807) is 26.0 Å². The van der Waals surface area contributed by atoms with Gasteiger partial charge < -0.3 is 25.0 Å². The molecule has 3 N–H and O–H groups in total. The van der Waals surface area contributed by atoms with Crippen molar-refractivity contribution in [3.63, 3.8) is 0 Å². The second-order valence-electron chi connectivity index (χ2n) is 6.69. The van der Waals surface area contributed by atoms with Crippen LogP contribution in [0.4, 0.5) is 10.6 Å². The van der Waals surface area contributed by atoms with Crippen LogP contribution in [0.2, 0.25) is 0 Å². The molecule has 1 unspecified atom stereocenters. The second kappa shape index (κ2) is 9.37. The number of likely N-dealkylation sites (tertiary alicyclic amines) is 1. The molecular weight excluding hydrogens is 378 g/mol. The Bertz CT molecular complexity index is 863. The number of rotatable bonds is 7. The maximum Gasteiger partial charge on any atom is 0.410 e. The predicted molar refractivity (Wildman–Crippen MR) is 104 cm³/mol. The molecule has 0 aromatic carbocycles. The first-order chi connectivity index (χ1) is 14.0. The largest absolute Gasteiger partial charge is 0.465 e. The van der Waals surface area contributed by atoms with Gasteiger partial charge in [0.05, 0.1) is 17.9 Å². The van der Waals surface area contributed by atoms with Crippen LogP contribution in [0.5, 0.6) is 17.5 Å². The van der Waals surface area contributed by atoms with Crippen LogP contribution in [0.1, 0.15) is 30.5 Å². The summed E-state index contributed by atoms with van der Waals surface area (Å²) in [5.74, 6) is 1.77. The van der Waals surface area contributed by atoms with Crippen molar-refractivity contribution in [1.82, 2.24) is 19.9 Å². The first-order valence-electron chi connectivity index (χ1n) is 9.47. The Morgan fingerprint density at radius 3 is 2.79 bits per heavy atom. The van der Waals surface area contributed by atoms with Crippen molar-refractivity contribution in [2.75, 3.05) is 25.0 Å². The SMILES string of the molecule is Cc1nc(NCCO)ccc1Oc1ncnc(OC2CCCCN2C(=O)O)c1C. The third-order valence-corrected chi connectivity index (χ3v) is 4.59. The zero-order valence-corrected chi connectivity index (χ0v) is 16.5. The van der Waals surface area contributed by atoms with Gasteiger partial charge in [-0.3, -0.25) is 4.90 Å². The molecule has 3 heterocycles. The summed E-state index contributed by atoms with van der Waals surface area (Å²) in [6.07, 6.45) is 2.06. The van der Waals surface area contributed by atoms with E-state index < -0.39 is 12.3 Å². The highest BCUT2D eigenvalue weighted by Gasteiger charge is 2.29. The lowest BCUT2D eigenvalue weighted by Gasteiger charge is -2.33. The molecule has 1 fully saturated rings. The molecule has 10 nitrogen and oxygen atoms in total. The number of nitrogens with one attached hydrogen (secondary N) is 1. The standard InChI is InChI=1S/C19H25N5O5/c1-12-17(28-14-6-7-15(20-8-10-25)23-13(14)2)21-11-22-18(12)29-16-5-3-4-9-24(16)19(26)27/h6-7,11,16,25H,3-5,8-10H2,1-2H3,(H,20,23)(H,26,27). The quantitative estimate of drug-likeness (QED) is 0.638. The summed E-state index contributed by atoms with van der Waals surface area (Å²) in [5.41, 5.74) is 1.23. The van der Waals surface area contributed by atoms with Crippen LogP contribution in [0.3, 0.4) is 0 Å². The summed E-state index contributed by atoms with van der Waals surface area (Å²) in [6, 6.07) is 3.51. The van der Waals surface area contributed by atoms with Crippen molar-refractivity contribution < 1.29 is 24.5 Å². The van der Waals surface area contributed by atoms with E-state index in [1.165, 1.54) is 11.2 Å². The summed E-state index contributed by atoms with van der Waals surface area (Å²) in [5, 5.41) is 21.3. The molecule has 1 amide bonds. The van der Waals surface area contributed by atoms with Gasteiger partial charge in [-0.15, -0.1) is 0 Å². The highest BCUT2D eigenvalue weighted by atomic mass is 16.5. The molecule has 0 saturated carbocycles. The summed E-state index contributed by atoms with van der Waals surface area (Å²) >= 11 is 0. The van der Waals surface area contributed by atoms with E-state index in [9.17, 15) is 9.90 Å². The highest BCUT2D eigenvalue weighted by molar-refractivity contribution is 5.65. The molecule has 0 radical (unpaired) electrons. The number of aromatic nitrogens is 3. The van der Waals surface area contributed by atoms with E-state index in [1.807, 2.05) is 0 Å². The van der Waals surface area contributed by atoms with Crippen molar-refractivity contribution in [3.8, 4) is 17.5 Å². The fraction of sp³-hybridized carbons (Fsp3) is 0.474. The van der Waals surface area contributed by atoms with Gasteiger partial charge in [0.25, 0.3) is 0 Å². The Labute approximate surface area is 168 Å². The fourth-order valence-electron chi connectivity index (χ4n) is 3.05. The van der Waals surface area contributed by atoms with Crippen LogP contribution in [0.15, 0.2) is 18.5 Å². The Balaban J connectivity index is 1.76. The van der Waals surface area contributed by atoms with Gasteiger partial charge in [-0.25, -0.2) is 19.7 Å². The minimum atomic E-state index is -1.01. The molecule has 0 aliphatic carbocycles. The monoisotopic (exact) mass is 403 g/mol. The number of aliphatic hydroxyl groups is 1. The number of carboxylic acid groups (broad SMARTS) is 1. The first kappa shape index (κ1) is 20.6. The normalized spacial score (nSPS) is 16.4. The van der Waals surface area contributed by atoms with Gasteiger partial charge in [-0.1, -0.05) is 0 Å². The number of carbonyl (C=O) groups is 1. The molecule has 2 aromatic rings. The van der Waals surface area contributed by atoms with Gasteiger partial charge >= 0.3 is 6.09 Å². The van der Waals surface area contributed by atoms with Gasteiger partial charge in [-0.05, 0) is 38.8 Å². The maximum absolute atomic E-state index is 11.4. The zero-order valence-electron chi connectivity index (χ0n) is 16.5. The summed E-state index contributed by atoms with van der Waals surface area (Å²) in [4.78, 5) is 25.5.